The van der Waals surface area contributed by atoms with Gasteiger partial charge in [0.15, 0.2) is 5.78 Å². The summed E-state index contributed by atoms with van der Waals surface area (Å²) in [5, 5.41) is 13.5. The van der Waals surface area contributed by atoms with Gasteiger partial charge in [0, 0.05) is 13.0 Å². The number of ketones is 1. The van der Waals surface area contributed by atoms with E-state index in [-0.39, 0.29) is 25.2 Å². The van der Waals surface area contributed by atoms with Gasteiger partial charge in [0.25, 0.3) is 0 Å². The van der Waals surface area contributed by atoms with Crippen molar-refractivity contribution >= 4 is 17.8 Å². The van der Waals surface area contributed by atoms with Crippen molar-refractivity contribution in [3.63, 3.8) is 0 Å². The molecule has 1 rings (SSSR count). The summed E-state index contributed by atoms with van der Waals surface area (Å²) in [4.78, 5) is 33.1. The second-order valence-corrected chi connectivity index (χ2v) is 4.64. The fraction of sp³-hybridized carbons (Fsp3) is 0.400. The molecule has 0 aliphatic rings. The normalized spacial score (nSPS) is 9.86. The Morgan fingerprint density at radius 3 is 2.36 bits per heavy atom. The summed E-state index contributed by atoms with van der Waals surface area (Å²) in [5.41, 5.74) is 1.05. The van der Waals surface area contributed by atoms with E-state index in [1.807, 2.05) is 24.3 Å². The Hall–Kier alpha value is -2.57. The largest absolute Gasteiger partial charge is 0.497 e. The third-order valence-electron chi connectivity index (χ3n) is 2.92. The molecular weight excluding hydrogens is 288 g/mol. The van der Waals surface area contributed by atoms with Crippen molar-refractivity contribution < 1.29 is 24.2 Å². The Bertz CT molecular complexity index is 513. The summed E-state index contributed by atoms with van der Waals surface area (Å²) in [6, 6.07) is 7.06. The van der Waals surface area contributed by atoms with Crippen LogP contribution in [0.3, 0.4) is 0 Å². The number of methoxy groups -OCH3 is 1. The van der Waals surface area contributed by atoms with Crippen molar-refractivity contribution in [2.75, 3.05) is 20.2 Å². The molecule has 1 aromatic rings. The van der Waals surface area contributed by atoms with E-state index in [1.54, 1.807) is 7.11 Å². The first kappa shape index (κ1) is 17.5. The van der Waals surface area contributed by atoms with Gasteiger partial charge in [0.1, 0.15) is 5.75 Å². The summed E-state index contributed by atoms with van der Waals surface area (Å²) < 4.78 is 5.05. The molecule has 0 aliphatic carbocycles. The zero-order chi connectivity index (χ0) is 16.4. The number of carbonyl (C=O) groups is 3. The van der Waals surface area contributed by atoms with Gasteiger partial charge in [-0.15, -0.1) is 0 Å². The molecule has 2 amide bonds. The van der Waals surface area contributed by atoms with Gasteiger partial charge >= 0.3 is 12.0 Å². The van der Waals surface area contributed by atoms with Crippen LogP contribution in [0.25, 0.3) is 0 Å². The van der Waals surface area contributed by atoms with Gasteiger partial charge in [-0.2, -0.15) is 0 Å². The molecule has 0 atom stereocenters. The Labute approximate surface area is 128 Å². The standard InChI is InChI=1S/C15H20N2O5/c1-22-13-5-2-11(3-6-13)8-9-16-15(21)17-10-12(18)4-7-14(19)20/h2-3,5-6H,4,7-10H2,1H3,(H,19,20)(H2,16,17,21). The Kier molecular flexibility index (Phi) is 7.45. The van der Waals surface area contributed by atoms with Crippen LogP contribution >= 0.6 is 0 Å². The van der Waals surface area contributed by atoms with E-state index < -0.39 is 12.0 Å². The predicted molar refractivity (Wildman–Crippen MR) is 80.0 cm³/mol. The fourth-order valence-corrected chi connectivity index (χ4v) is 1.69. The average molecular weight is 308 g/mol. The molecule has 0 saturated carbocycles. The lowest BCUT2D eigenvalue weighted by molar-refractivity contribution is -0.138. The van der Waals surface area contributed by atoms with E-state index in [2.05, 4.69) is 10.6 Å². The first-order valence-corrected chi connectivity index (χ1v) is 6.89. The fourth-order valence-electron chi connectivity index (χ4n) is 1.69. The lowest BCUT2D eigenvalue weighted by Crippen LogP contribution is -2.39. The quantitative estimate of drug-likeness (QED) is 0.630. The van der Waals surface area contributed by atoms with Crippen LogP contribution in [-0.4, -0.2) is 43.1 Å². The van der Waals surface area contributed by atoms with Crippen LogP contribution in [0.5, 0.6) is 5.75 Å². The van der Waals surface area contributed by atoms with Crippen LogP contribution in [0, 0.1) is 0 Å². The second-order valence-electron chi connectivity index (χ2n) is 4.64. The van der Waals surface area contributed by atoms with E-state index in [0.717, 1.165) is 11.3 Å². The summed E-state index contributed by atoms with van der Waals surface area (Å²) >= 11 is 0. The van der Waals surface area contributed by atoms with Crippen molar-refractivity contribution in [2.24, 2.45) is 0 Å². The Morgan fingerprint density at radius 2 is 1.77 bits per heavy atom. The predicted octanol–water partition coefficient (Wildman–Crippen LogP) is 0.971. The number of carboxylic acid groups (broad SMARTS) is 1. The van der Waals surface area contributed by atoms with Gasteiger partial charge in [0.2, 0.25) is 0 Å². The van der Waals surface area contributed by atoms with Gasteiger partial charge in [-0.05, 0) is 24.1 Å². The zero-order valence-electron chi connectivity index (χ0n) is 12.4. The van der Waals surface area contributed by atoms with Gasteiger partial charge in [0.05, 0.1) is 20.1 Å². The van der Waals surface area contributed by atoms with Crippen molar-refractivity contribution in [1.82, 2.24) is 10.6 Å². The molecule has 1 aromatic carbocycles. The number of urea groups is 1. The number of rotatable bonds is 9. The zero-order valence-corrected chi connectivity index (χ0v) is 12.4. The Balaban J connectivity index is 2.17. The van der Waals surface area contributed by atoms with Crippen molar-refractivity contribution in [2.45, 2.75) is 19.3 Å². The number of hydrogen-bond acceptors (Lipinski definition) is 4. The first-order valence-electron chi connectivity index (χ1n) is 6.89. The van der Waals surface area contributed by atoms with Crippen LogP contribution in [-0.2, 0) is 16.0 Å². The lowest BCUT2D eigenvalue weighted by Gasteiger charge is -2.07. The van der Waals surface area contributed by atoms with Crippen LogP contribution in [0.15, 0.2) is 24.3 Å². The molecule has 3 N–H and O–H groups in total. The molecule has 0 heterocycles. The van der Waals surface area contributed by atoms with Crippen molar-refractivity contribution in [1.29, 1.82) is 0 Å². The summed E-state index contributed by atoms with van der Waals surface area (Å²) in [7, 11) is 1.60. The maximum atomic E-state index is 11.5. The Morgan fingerprint density at radius 1 is 1.09 bits per heavy atom. The van der Waals surface area contributed by atoms with Crippen LogP contribution in [0.1, 0.15) is 18.4 Å². The molecule has 7 heteroatoms. The molecule has 0 spiro atoms. The summed E-state index contributed by atoms with van der Waals surface area (Å²) in [6.07, 6.45) is 0.353. The minimum atomic E-state index is -1.03. The highest BCUT2D eigenvalue weighted by Gasteiger charge is 2.07. The molecule has 7 nitrogen and oxygen atoms in total. The molecule has 22 heavy (non-hydrogen) atoms. The highest BCUT2D eigenvalue weighted by atomic mass is 16.5. The molecular formula is C15H20N2O5. The first-order chi connectivity index (χ1) is 10.5. The minimum Gasteiger partial charge on any atom is -0.497 e. The van der Waals surface area contributed by atoms with Gasteiger partial charge in [-0.3, -0.25) is 9.59 Å². The maximum Gasteiger partial charge on any atom is 0.315 e. The van der Waals surface area contributed by atoms with E-state index >= 15 is 0 Å². The number of benzene rings is 1. The molecule has 0 bridgehead atoms. The number of amides is 2. The van der Waals surface area contributed by atoms with Crippen molar-refractivity contribution in [3.05, 3.63) is 29.8 Å². The molecule has 0 aromatic heterocycles. The monoisotopic (exact) mass is 308 g/mol. The highest BCUT2D eigenvalue weighted by molar-refractivity contribution is 5.87. The molecule has 0 unspecified atom stereocenters. The minimum absolute atomic E-state index is 0.0819. The molecule has 0 fully saturated rings. The van der Waals surface area contributed by atoms with E-state index in [0.29, 0.717) is 13.0 Å². The number of nitrogens with one attached hydrogen (secondary N) is 2. The SMILES string of the molecule is COc1ccc(CCNC(=O)NCC(=O)CCC(=O)O)cc1. The molecule has 120 valence electrons. The van der Waals surface area contributed by atoms with E-state index in [9.17, 15) is 14.4 Å². The molecule has 0 saturated heterocycles. The number of Topliss-reactive ketones (excluding diaryl/α,β-unsaturated/α-hetero) is 1. The van der Waals surface area contributed by atoms with Gasteiger partial charge in [-0.1, -0.05) is 12.1 Å². The highest BCUT2D eigenvalue weighted by Crippen LogP contribution is 2.11. The smallest absolute Gasteiger partial charge is 0.315 e. The van der Waals surface area contributed by atoms with Crippen molar-refractivity contribution in [3.8, 4) is 5.75 Å². The van der Waals surface area contributed by atoms with Crippen LogP contribution in [0.4, 0.5) is 4.79 Å². The molecule has 0 aliphatic heterocycles. The number of carbonyl (C=O) groups excluding carboxylic acids is 2. The maximum absolute atomic E-state index is 11.5. The number of ether oxygens (including phenoxy) is 1. The topological polar surface area (TPSA) is 105 Å². The van der Waals surface area contributed by atoms with Gasteiger partial charge in [-0.25, -0.2) is 4.79 Å². The summed E-state index contributed by atoms with van der Waals surface area (Å²) in [5.74, 6) is -0.570. The third-order valence-corrected chi connectivity index (χ3v) is 2.92. The van der Waals surface area contributed by atoms with E-state index in [4.69, 9.17) is 9.84 Å². The average Bonchev–Trinajstić information content (AvgIpc) is 2.51. The number of aliphatic carboxylic acids is 1. The van der Waals surface area contributed by atoms with Crippen LogP contribution in [0.2, 0.25) is 0 Å². The van der Waals surface area contributed by atoms with Gasteiger partial charge < -0.3 is 20.5 Å². The molecule has 0 radical (unpaired) electrons. The second kappa shape index (κ2) is 9.38. The summed E-state index contributed by atoms with van der Waals surface area (Å²) in [6.45, 7) is 0.267. The van der Waals surface area contributed by atoms with Crippen LogP contribution < -0.4 is 15.4 Å². The third kappa shape index (κ3) is 7.28. The van der Waals surface area contributed by atoms with E-state index in [1.165, 1.54) is 0 Å². The number of carboxylic acids is 1. The number of hydrogen-bond donors (Lipinski definition) is 3. The lowest BCUT2D eigenvalue weighted by atomic mass is 10.1.